The van der Waals surface area contributed by atoms with Gasteiger partial charge in [0.2, 0.25) is 0 Å². The Bertz CT molecular complexity index is 176. The fourth-order valence-corrected chi connectivity index (χ4v) is 0.645. The average Bonchev–Trinajstić information content (AvgIpc) is 1.90. The van der Waals surface area contributed by atoms with Crippen LogP contribution < -0.4 is 11.0 Å². The number of nitrogens with zero attached hydrogens (tertiary/aromatic N) is 1. The van der Waals surface area contributed by atoms with Crippen LogP contribution in [0, 0.1) is 0 Å². The molecule has 1 rings (SSSR count). The molecule has 0 atom stereocenters. The Kier molecular flexibility index (Phi) is 2.01. The third-order valence-electron chi connectivity index (χ3n) is 1.21. The molecule has 0 radical (unpaired) electrons. The van der Waals surface area contributed by atoms with E-state index in [0.29, 0.717) is 0 Å². The van der Waals surface area contributed by atoms with Gasteiger partial charge in [-0.2, -0.15) is 0 Å². The Morgan fingerprint density at radius 3 is 2.89 bits per heavy atom. The van der Waals surface area contributed by atoms with E-state index in [2.05, 4.69) is 4.98 Å². The fourth-order valence-electron chi connectivity index (χ4n) is 0.645. The fraction of sp³-hybridized carbons (Fsp3) is 0.200. The second-order valence-electron chi connectivity index (χ2n) is 2.08. The second kappa shape index (κ2) is 2.78. The summed E-state index contributed by atoms with van der Waals surface area (Å²) in [5.41, 5.74) is 5.57. The van der Waals surface area contributed by atoms with Crippen molar-refractivity contribution in [2.45, 2.75) is 6.82 Å². The molecule has 0 aromatic carbocycles. The van der Waals surface area contributed by atoms with Gasteiger partial charge in [-0.15, -0.1) is 0 Å². The van der Waals surface area contributed by atoms with Gasteiger partial charge in [0, 0.05) is 0 Å². The van der Waals surface area contributed by atoms with Gasteiger partial charge in [-0.05, 0) is 0 Å². The van der Waals surface area contributed by atoms with Crippen molar-refractivity contribution in [1.29, 1.82) is 0 Å². The van der Waals surface area contributed by atoms with Crippen molar-refractivity contribution in [2.24, 2.45) is 5.64 Å². The monoisotopic (exact) mass is 118 g/mol. The summed E-state index contributed by atoms with van der Waals surface area (Å²) >= 11 is 0. The van der Waals surface area contributed by atoms with Crippen molar-refractivity contribution in [1.82, 2.24) is 4.98 Å². The Labute approximate surface area is 55.8 Å². The van der Waals surface area contributed by atoms with E-state index in [0.717, 1.165) is 5.36 Å². The van der Waals surface area contributed by atoms with E-state index < -0.39 is 0 Å². The van der Waals surface area contributed by atoms with E-state index in [4.69, 9.17) is 5.64 Å². The van der Waals surface area contributed by atoms with Gasteiger partial charge < -0.3 is 0 Å². The van der Waals surface area contributed by atoms with Crippen LogP contribution in [0.2, 0.25) is 6.82 Å². The summed E-state index contributed by atoms with van der Waals surface area (Å²) in [5.74, 6) is 1.89. The number of hydrogen-bond donors (Lipinski definition) is 1. The zero-order valence-electron chi connectivity index (χ0n) is 5.41. The number of hydrogen-bond acceptors (Lipinski definition) is 2. The van der Waals surface area contributed by atoms with E-state index in [1.165, 1.54) is 0 Å². The van der Waals surface area contributed by atoms with Gasteiger partial charge in [0.15, 0.2) is 0 Å². The van der Waals surface area contributed by atoms with Crippen LogP contribution in [-0.4, -0.2) is 18.7 Å². The molecule has 0 amide bonds. The van der Waals surface area contributed by atoms with Gasteiger partial charge >= 0.3 is 54.9 Å². The average molecular weight is 118 g/mol. The molecular weight excluding hydrogens is 110 g/mol. The molecule has 0 aliphatic rings. The van der Waals surface area contributed by atoms with Gasteiger partial charge in [0.05, 0.1) is 0 Å². The van der Waals surface area contributed by atoms with E-state index in [1.807, 2.05) is 19.7 Å². The molecule has 0 aliphatic carbocycles. The van der Waals surface area contributed by atoms with Crippen LogP contribution in [0.25, 0.3) is 0 Å². The standard InChI is InChI=1S/C5H8B2N2/c1-7(8)5-4-9-3-2-6-5/h2-4H,8H2,1H3. The van der Waals surface area contributed by atoms with Crippen molar-refractivity contribution in [3.05, 3.63) is 18.4 Å². The molecule has 0 saturated carbocycles. The van der Waals surface area contributed by atoms with Crippen LogP contribution in [0.5, 0.6) is 0 Å². The van der Waals surface area contributed by atoms with Crippen LogP contribution in [0.15, 0.2) is 18.4 Å². The first-order valence-electron chi connectivity index (χ1n) is 2.96. The Morgan fingerprint density at radius 2 is 2.56 bits per heavy atom. The van der Waals surface area contributed by atoms with Crippen LogP contribution >= 0.6 is 0 Å². The molecule has 0 unspecified atom stereocenters. The predicted octanol–water partition coefficient (Wildman–Crippen LogP) is -0.793. The summed E-state index contributed by atoms with van der Waals surface area (Å²) < 4.78 is 0. The van der Waals surface area contributed by atoms with Gasteiger partial charge in [-0.25, -0.2) is 0 Å². The van der Waals surface area contributed by atoms with Gasteiger partial charge in [0.25, 0.3) is 0 Å². The summed E-state index contributed by atoms with van der Waals surface area (Å²) in [6.45, 7) is 4.01. The molecule has 0 spiro atoms. The quantitative estimate of drug-likeness (QED) is 0.490. The van der Waals surface area contributed by atoms with Gasteiger partial charge in [-0.1, -0.05) is 0 Å². The van der Waals surface area contributed by atoms with E-state index >= 15 is 0 Å². The molecule has 9 heavy (non-hydrogen) atoms. The third kappa shape index (κ3) is 1.64. The Hall–Kier alpha value is -0.630. The molecule has 0 bridgehead atoms. The Balaban J connectivity index is 2.85. The van der Waals surface area contributed by atoms with Crippen molar-refractivity contribution in [2.75, 3.05) is 0 Å². The molecule has 1 aromatic heterocycles. The van der Waals surface area contributed by atoms with Crippen molar-refractivity contribution < 1.29 is 0 Å². The van der Waals surface area contributed by atoms with Crippen molar-refractivity contribution >= 4 is 19.1 Å². The zero-order chi connectivity index (χ0) is 6.69. The summed E-state index contributed by atoms with van der Waals surface area (Å²) in [5, 5.41) is 1.08. The molecule has 0 aliphatic heterocycles. The van der Waals surface area contributed by atoms with E-state index in [1.54, 1.807) is 12.4 Å². The third-order valence-corrected chi connectivity index (χ3v) is 1.21. The molecule has 1 heterocycles. The number of rotatable bonds is 1. The first-order chi connectivity index (χ1) is 4.30. The topological polar surface area (TPSA) is 38.9 Å². The van der Waals surface area contributed by atoms with Crippen LogP contribution in [0.3, 0.4) is 0 Å². The maximum absolute atomic E-state index is 5.57. The predicted molar refractivity (Wildman–Crippen MR) is 41.0 cm³/mol. The molecule has 1 aromatic rings. The minimum absolute atomic E-state index is 0.0960. The normalized spacial score (nSPS) is 8.67. The second-order valence-corrected chi connectivity index (χ2v) is 2.08. The first-order valence-corrected chi connectivity index (χ1v) is 2.96. The van der Waals surface area contributed by atoms with Crippen LogP contribution in [-0.2, 0) is 0 Å². The van der Waals surface area contributed by atoms with Crippen molar-refractivity contribution in [3.8, 4) is 0 Å². The SMILES string of the molecule is CB(N)c1bccnc1. The number of aromatic nitrogens is 1. The molecular formula is C5H8B2N2. The summed E-state index contributed by atoms with van der Waals surface area (Å²) in [6, 6.07) is 0. The molecule has 2 nitrogen and oxygen atoms in total. The van der Waals surface area contributed by atoms with Crippen LogP contribution in [0.4, 0.5) is 0 Å². The number of nitrogens with two attached hydrogens (primary N) is 1. The molecule has 44 valence electrons. The summed E-state index contributed by atoms with van der Waals surface area (Å²) in [7, 11) is 0. The minimum atomic E-state index is 0.0960. The van der Waals surface area contributed by atoms with Gasteiger partial charge in [-0.3, -0.25) is 0 Å². The maximum atomic E-state index is 5.57. The summed E-state index contributed by atoms with van der Waals surface area (Å²) in [6.07, 6.45) is 3.52. The molecule has 2 N–H and O–H groups in total. The first kappa shape index (κ1) is 6.49. The zero-order valence-corrected chi connectivity index (χ0v) is 5.41. The molecule has 0 saturated heterocycles. The van der Waals surface area contributed by atoms with E-state index in [-0.39, 0.29) is 6.85 Å². The van der Waals surface area contributed by atoms with Gasteiger partial charge in [0.1, 0.15) is 0 Å². The van der Waals surface area contributed by atoms with E-state index in [9.17, 15) is 0 Å². The summed E-state index contributed by atoms with van der Waals surface area (Å²) in [4.78, 5) is 3.93. The molecule has 4 heteroatoms. The Morgan fingerprint density at radius 1 is 1.78 bits per heavy atom. The van der Waals surface area contributed by atoms with Crippen molar-refractivity contribution in [3.63, 3.8) is 0 Å². The molecule has 0 fully saturated rings. The van der Waals surface area contributed by atoms with Crippen LogP contribution in [0.1, 0.15) is 0 Å².